The van der Waals surface area contributed by atoms with Crippen molar-refractivity contribution in [2.75, 3.05) is 7.05 Å². The number of nitrogens with zero attached hydrogens (tertiary/aromatic N) is 2. The minimum Gasteiger partial charge on any atom is -0.405 e. The second kappa shape index (κ2) is 6.70. The van der Waals surface area contributed by atoms with Gasteiger partial charge in [0.1, 0.15) is 5.75 Å². The summed E-state index contributed by atoms with van der Waals surface area (Å²) >= 11 is 0. The SMILES string of the molecule is Cc1ccc2[nH]nc(C(=O)N(C)Cc3ccccc3OC(F)(F)F)c2c1. The van der Waals surface area contributed by atoms with Gasteiger partial charge in [0.2, 0.25) is 0 Å². The van der Waals surface area contributed by atoms with Crippen molar-refractivity contribution in [2.45, 2.75) is 19.8 Å². The summed E-state index contributed by atoms with van der Waals surface area (Å²) in [5.74, 6) is -0.731. The first-order valence-corrected chi connectivity index (χ1v) is 7.78. The molecule has 0 aliphatic heterocycles. The summed E-state index contributed by atoms with van der Waals surface area (Å²) in [6.45, 7) is 1.85. The molecule has 0 bridgehead atoms. The van der Waals surface area contributed by atoms with Crippen LogP contribution >= 0.6 is 0 Å². The Bertz CT molecular complexity index is 950. The first-order chi connectivity index (χ1) is 12.2. The molecule has 136 valence electrons. The summed E-state index contributed by atoms with van der Waals surface area (Å²) < 4.78 is 41.6. The molecule has 0 saturated heterocycles. The van der Waals surface area contributed by atoms with E-state index in [0.29, 0.717) is 10.9 Å². The molecule has 0 saturated carbocycles. The van der Waals surface area contributed by atoms with E-state index in [2.05, 4.69) is 14.9 Å². The van der Waals surface area contributed by atoms with Crippen molar-refractivity contribution in [3.8, 4) is 5.75 Å². The average Bonchev–Trinajstić information content (AvgIpc) is 2.97. The fourth-order valence-corrected chi connectivity index (χ4v) is 2.66. The van der Waals surface area contributed by atoms with Crippen molar-refractivity contribution >= 4 is 16.8 Å². The molecule has 0 radical (unpaired) electrons. The molecule has 1 aromatic heterocycles. The number of hydrogen-bond acceptors (Lipinski definition) is 3. The molecule has 0 spiro atoms. The Balaban J connectivity index is 1.85. The zero-order valence-electron chi connectivity index (χ0n) is 14.1. The minimum absolute atomic E-state index is 0.0503. The summed E-state index contributed by atoms with van der Waals surface area (Å²) in [5, 5.41) is 7.51. The van der Waals surface area contributed by atoms with E-state index in [1.54, 1.807) is 6.07 Å². The topological polar surface area (TPSA) is 58.2 Å². The number of H-pyrrole nitrogens is 1. The highest BCUT2D eigenvalue weighted by Crippen LogP contribution is 2.27. The van der Waals surface area contributed by atoms with Crippen molar-refractivity contribution in [2.24, 2.45) is 0 Å². The Labute approximate surface area is 147 Å². The molecule has 0 unspecified atom stereocenters. The molecular weight excluding hydrogens is 347 g/mol. The highest BCUT2D eigenvalue weighted by molar-refractivity contribution is 6.04. The Kier molecular flexibility index (Phi) is 4.58. The van der Waals surface area contributed by atoms with Crippen LogP contribution < -0.4 is 4.74 Å². The molecule has 8 heteroatoms. The van der Waals surface area contributed by atoms with Crippen LogP contribution in [0.5, 0.6) is 5.75 Å². The molecule has 0 aliphatic carbocycles. The summed E-state index contributed by atoms with van der Waals surface area (Å²) in [6, 6.07) is 11.3. The van der Waals surface area contributed by atoms with Crippen molar-refractivity contribution in [3.05, 3.63) is 59.3 Å². The quantitative estimate of drug-likeness (QED) is 0.761. The second-order valence-corrected chi connectivity index (χ2v) is 5.94. The summed E-state index contributed by atoms with van der Waals surface area (Å²) in [4.78, 5) is 14.0. The van der Waals surface area contributed by atoms with E-state index in [1.165, 1.54) is 30.1 Å². The molecular formula is C18H16F3N3O2. The predicted molar refractivity (Wildman–Crippen MR) is 89.8 cm³/mol. The maximum absolute atomic E-state index is 12.7. The van der Waals surface area contributed by atoms with Crippen LogP contribution in [0.4, 0.5) is 13.2 Å². The zero-order valence-corrected chi connectivity index (χ0v) is 14.1. The summed E-state index contributed by atoms with van der Waals surface area (Å²) in [7, 11) is 1.50. The lowest BCUT2D eigenvalue weighted by Gasteiger charge is -2.19. The lowest BCUT2D eigenvalue weighted by molar-refractivity contribution is -0.275. The smallest absolute Gasteiger partial charge is 0.405 e. The molecule has 3 aromatic rings. The molecule has 0 aliphatic rings. The van der Waals surface area contributed by atoms with Crippen LogP contribution in [0.15, 0.2) is 42.5 Å². The third-order valence-corrected chi connectivity index (χ3v) is 3.87. The van der Waals surface area contributed by atoms with E-state index in [4.69, 9.17) is 0 Å². The van der Waals surface area contributed by atoms with Crippen LogP contribution in [-0.4, -0.2) is 34.4 Å². The highest BCUT2D eigenvalue weighted by atomic mass is 19.4. The van der Waals surface area contributed by atoms with Crippen molar-refractivity contribution in [3.63, 3.8) is 0 Å². The minimum atomic E-state index is -4.80. The number of rotatable bonds is 4. The average molecular weight is 363 g/mol. The largest absolute Gasteiger partial charge is 0.573 e. The zero-order chi connectivity index (χ0) is 18.9. The fourth-order valence-electron chi connectivity index (χ4n) is 2.66. The van der Waals surface area contributed by atoms with Gasteiger partial charge in [0, 0.05) is 24.5 Å². The van der Waals surface area contributed by atoms with E-state index in [0.717, 1.165) is 5.56 Å². The number of carbonyl (C=O) groups excluding carboxylic acids is 1. The van der Waals surface area contributed by atoms with Gasteiger partial charge in [0.05, 0.1) is 5.52 Å². The van der Waals surface area contributed by atoms with Gasteiger partial charge in [0.25, 0.3) is 5.91 Å². The Morgan fingerprint density at radius 2 is 1.96 bits per heavy atom. The normalized spacial score (nSPS) is 11.6. The standard InChI is InChI=1S/C18H16F3N3O2/c1-11-7-8-14-13(9-11)16(23-22-14)17(25)24(2)10-12-5-3-4-6-15(12)26-18(19,20)21/h3-9H,10H2,1-2H3,(H,22,23). The van der Waals surface area contributed by atoms with E-state index in [1.807, 2.05) is 25.1 Å². The predicted octanol–water partition coefficient (Wildman–Crippen LogP) is 4.04. The maximum atomic E-state index is 12.7. The van der Waals surface area contributed by atoms with Gasteiger partial charge in [-0.2, -0.15) is 5.10 Å². The second-order valence-electron chi connectivity index (χ2n) is 5.94. The first-order valence-electron chi connectivity index (χ1n) is 7.78. The van der Waals surface area contributed by atoms with Crippen molar-refractivity contribution in [1.82, 2.24) is 15.1 Å². The van der Waals surface area contributed by atoms with Crippen LogP contribution in [0.1, 0.15) is 21.6 Å². The number of alkyl halides is 3. The monoisotopic (exact) mass is 363 g/mol. The molecule has 0 fully saturated rings. The molecule has 2 aromatic carbocycles. The van der Waals surface area contributed by atoms with E-state index in [9.17, 15) is 18.0 Å². The van der Waals surface area contributed by atoms with Crippen LogP contribution in [-0.2, 0) is 6.54 Å². The Morgan fingerprint density at radius 1 is 1.23 bits per heavy atom. The number of aromatic nitrogens is 2. The summed E-state index contributed by atoms with van der Waals surface area (Å²) in [6.07, 6.45) is -4.80. The fraction of sp³-hybridized carbons (Fsp3) is 0.222. The van der Waals surface area contributed by atoms with Gasteiger partial charge in [-0.15, -0.1) is 13.2 Å². The number of benzene rings is 2. The lowest BCUT2D eigenvalue weighted by Crippen LogP contribution is -2.27. The number of para-hydroxylation sites is 1. The Morgan fingerprint density at radius 3 is 2.69 bits per heavy atom. The molecule has 0 atom stereocenters. The number of aryl methyl sites for hydroxylation is 1. The molecule has 26 heavy (non-hydrogen) atoms. The first kappa shape index (κ1) is 17.8. The van der Waals surface area contributed by atoms with Crippen LogP contribution in [0.25, 0.3) is 10.9 Å². The molecule has 1 heterocycles. The highest BCUT2D eigenvalue weighted by Gasteiger charge is 2.32. The number of carbonyl (C=O) groups is 1. The van der Waals surface area contributed by atoms with E-state index < -0.39 is 12.3 Å². The van der Waals surface area contributed by atoms with Gasteiger partial charge in [-0.05, 0) is 25.1 Å². The van der Waals surface area contributed by atoms with E-state index >= 15 is 0 Å². The molecule has 1 amide bonds. The van der Waals surface area contributed by atoms with Crippen molar-refractivity contribution in [1.29, 1.82) is 0 Å². The van der Waals surface area contributed by atoms with Gasteiger partial charge < -0.3 is 9.64 Å². The van der Waals surface area contributed by atoms with Gasteiger partial charge in [-0.1, -0.05) is 29.8 Å². The van der Waals surface area contributed by atoms with Crippen LogP contribution in [0.2, 0.25) is 0 Å². The van der Waals surface area contributed by atoms with Gasteiger partial charge in [-0.3, -0.25) is 9.89 Å². The maximum Gasteiger partial charge on any atom is 0.573 e. The molecule has 1 N–H and O–H groups in total. The van der Waals surface area contributed by atoms with Gasteiger partial charge in [0.15, 0.2) is 5.69 Å². The van der Waals surface area contributed by atoms with Crippen LogP contribution in [0.3, 0.4) is 0 Å². The third-order valence-electron chi connectivity index (χ3n) is 3.87. The van der Waals surface area contributed by atoms with Crippen molar-refractivity contribution < 1.29 is 22.7 Å². The van der Waals surface area contributed by atoms with Gasteiger partial charge in [-0.25, -0.2) is 0 Å². The number of fused-ring (bicyclic) bond motifs is 1. The number of aromatic amines is 1. The number of hydrogen-bond donors (Lipinski definition) is 1. The van der Waals surface area contributed by atoms with Gasteiger partial charge >= 0.3 is 6.36 Å². The number of amides is 1. The summed E-state index contributed by atoms with van der Waals surface area (Å²) in [5.41, 5.74) is 2.16. The third kappa shape index (κ3) is 3.79. The van der Waals surface area contributed by atoms with Crippen LogP contribution in [0, 0.1) is 6.92 Å². The number of nitrogens with one attached hydrogen (secondary N) is 1. The number of halogens is 3. The number of ether oxygens (including phenoxy) is 1. The van der Waals surface area contributed by atoms with E-state index in [-0.39, 0.29) is 23.6 Å². The lowest BCUT2D eigenvalue weighted by atomic mass is 10.1. The Hall–Kier alpha value is -3.03. The molecule has 5 nitrogen and oxygen atoms in total. The molecule has 3 rings (SSSR count).